The summed E-state index contributed by atoms with van der Waals surface area (Å²) in [6, 6.07) is -1.66. The van der Waals surface area contributed by atoms with Crippen LogP contribution in [0.1, 0.15) is 11.7 Å². The first-order valence-corrected chi connectivity index (χ1v) is 3.34. The minimum atomic E-state index is -4.66. The van der Waals surface area contributed by atoms with Gasteiger partial charge in [0.15, 0.2) is 0 Å². The van der Waals surface area contributed by atoms with Gasteiger partial charge in [-0.15, -0.1) is 5.10 Å². The Balaban J connectivity index is 2.92. The molecule has 3 N–H and O–H groups in total. The highest BCUT2D eigenvalue weighted by atomic mass is 19.4. The van der Waals surface area contributed by atoms with E-state index in [1.165, 1.54) is 0 Å². The van der Waals surface area contributed by atoms with Crippen molar-refractivity contribution in [2.75, 3.05) is 0 Å². The number of rotatable bonds is 2. The lowest BCUT2D eigenvalue weighted by atomic mass is 10.2. The lowest BCUT2D eigenvalue weighted by Crippen LogP contribution is -2.28. The molecule has 0 saturated carbocycles. The van der Waals surface area contributed by atoms with Gasteiger partial charge in [0.25, 0.3) is 0 Å². The van der Waals surface area contributed by atoms with Crippen molar-refractivity contribution in [1.82, 2.24) is 10.2 Å². The largest absolute Gasteiger partial charge is 0.409 e. The number of nitrogens with zero attached hydrogens (tertiary/aromatic N) is 2. The zero-order valence-corrected chi connectivity index (χ0v) is 6.58. The standard InChI is InChI=1S/C5H5F3N4O2/c6-5(7,8)4(9)2-1-3(11-10-2)12(13)14/h1,4H,9H2,(H,10,11). The number of nitrogens with one attached hydrogen (secondary N) is 1. The van der Waals surface area contributed by atoms with Gasteiger partial charge < -0.3 is 15.8 Å². The first-order chi connectivity index (χ1) is 6.32. The van der Waals surface area contributed by atoms with Crippen LogP contribution in [0.5, 0.6) is 0 Å². The molecule has 0 fully saturated rings. The van der Waals surface area contributed by atoms with Crippen LogP contribution in [-0.4, -0.2) is 21.3 Å². The molecule has 1 aromatic rings. The zero-order valence-electron chi connectivity index (χ0n) is 6.58. The zero-order chi connectivity index (χ0) is 10.9. The fourth-order valence-electron chi connectivity index (χ4n) is 0.747. The number of hydrogen-bond acceptors (Lipinski definition) is 4. The highest BCUT2D eigenvalue weighted by molar-refractivity contribution is 5.23. The summed E-state index contributed by atoms with van der Waals surface area (Å²) in [5, 5.41) is 15.0. The summed E-state index contributed by atoms with van der Waals surface area (Å²) in [6.45, 7) is 0. The van der Waals surface area contributed by atoms with Crippen LogP contribution in [0.2, 0.25) is 0 Å². The molecule has 14 heavy (non-hydrogen) atoms. The molecule has 0 aliphatic rings. The molecule has 0 aliphatic carbocycles. The topological polar surface area (TPSA) is 97.8 Å². The van der Waals surface area contributed by atoms with Gasteiger partial charge >= 0.3 is 12.0 Å². The smallest absolute Gasteiger partial charge is 0.358 e. The third-order valence-electron chi connectivity index (χ3n) is 1.45. The second kappa shape index (κ2) is 3.25. The fraction of sp³-hybridized carbons (Fsp3) is 0.400. The van der Waals surface area contributed by atoms with Crippen LogP contribution >= 0.6 is 0 Å². The molecule has 0 spiro atoms. The molecule has 0 amide bonds. The van der Waals surface area contributed by atoms with E-state index in [-0.39, 0.29) is 0 Å². The van der Waals surface area contributed by atoms with Crippen LogP contribution in [0.4, 0.5) is 19.0 Å². The Hall–Kier alpha value is -1.64. The summed E-state index contributed by atoms with van der Waals surface area (Å²) in [5.74, 6) is -0.625. The average Bonchev–Trinajstić information content (AvgIpc) is 2.48. The van der Waals surface area contributed by atoms with Crippen LogP contribution in [0.25, 0.3) is 0 Å². The van der Waals surface area contributed by atoms with Crippen LogP contribution in [0.3, 0.4) is 0 Å². The normalized spacial score (nSPS) is 14.0. The molecule has 0 aromatic carbocycles. The van der Waals surface area contributed by atoms with Gasteiger partial charge in [0, 0.05) is 0 Å². The fourth-order valence-corrected chi connectivity index (χ4v) is 0.747. The second-order valence-corrected chi connectivity index (χ2v) is 2.45. The van der Waals surface area contributed by atoms with Gasteiger partial charge in [-0.2, -0.15) is 13.2 Å². The highest BCUT2D eigenvalue weighted by Crippen LogP contribution is 2.30. The number of nitrogens with two attached hydrogens (primary N) is 1. The SMILES string of the molecule is NC(c1cc([N+](=O)[O-])[nH]n1)C(F)(F)F. The van der Waals surface area contributed by atoms with Gasteiger partial charge in [0.2, 0.25) is 0 Å². The number of aromatic nitrogens is 2. The minimum absolute atomic E-state index is 0.607. The number of nitro groups is 1. The van der Waals surface area contributed by atoms with Crippen LogP contribution < -0.4 is 5.73 Å². The molecule has 0 aliphatic heterocycles. The summed E-state index contributed by atoms with van der Waals surface area (Å²) in [7, 11) is 0. The van der Waals surface area contributed by atoms with Crippen molar-refractivity contribution >= 4 is 5.82 Å². The van der Waals surface area contributed by atoms with Gasteiger partial charge in [0.05, 0.1) is 6.07 Å². The van der Waals surface area contributed by atoms with Gasteiger partial charge in [-0.05, 0) is 4.92 Å². The number of halogens is 3. The molecule has 1 aromatic heterocycles. The number of alkyl halides is 3. The molecule has 1 rings (SSSR count). The van der Waals surface area contributed by atoms with Crippen molar-refractivity contribution in [3.8, 4) is 0 Å². The number of H-pyrrole nitrogens is 1. The lowest BCUT2D eigenvalue weighted by molar-refractivity contribution is -0.389. The van der Waals surface area contributed by atoms with Crippen molar-refractivity contribution in [2.45, 2.75) is 12.2 Å². The van der Waals surface area contributed by atoms with E-state index >= 15 is 0 Å². The Kier molecular flexibility index (Phi) is 2.43. The predicted octanol–water partition coefficient (Wildman–Crippen LogP) is 0.880. The summed E-state index contributed by atoms with van der Waals surface area (Å²) >= 11 is 0. The highest BCUT2D eigenvalue weighted by Gasteiger charge is 2.40. The third kappa shape index (κ3) is 1.99. The molecular weight excluding hydrogens is 205 g/mol. The first-order valence-electron chi connectivity index (χ1n) is 3.34. The van der Waals surface area contributed by atoms with E-state index in [0.717, 1.165) is 0 Å². The van der Waals surface area contributed by atoms with Crippen molar-refractivity contribution in [2.24, 2.45) is 5.73 Å². The van der Waals surface area contributed by atoms with Crippen LogP contribution in [0, 0.1) is 10.1 Å². The number of aromatic amines is 1. The molecule has 0 radical (unpaired) electrons. The Morgan fingerprint density at radius 3 is 2.57 bits per heavy atom. The van der Waals surface area contributed by atoms with E-state index in [0.29, 0.717) is 6.07 Å². The quantitative estimate of drug-likeness (QED) is 0.559. The molecule has 0 saturated heterocycles. The van der Waals surface area contributed by atoms with Crippen molar-refractivity contribution in [3.63, 3.8) is 0 Å². The molecule has 1 atom stereocenters. The summed E-state index contributed by atoms with van der Waals surface area (Å²) in [6.07, 6.45) is -4.66. The molecule has 0 bridgehead atoms. The van der Waals surface area contributed by atoms with Gasteiger partial charge in [-0.1, -0.05) is 5.10 Å². The van der Waals surface area contributed by atoms with Gasteiger partial charge in [0.1, 0.15) is 11.7 Å². The minimum Gasteiger partial charge on any atom is -0.358 e. The predicted molar refractivity (Wildman–Crippen MR) is 38.2 cm³/mol. The molecule has 9 heteroatoms. The Morgan fingerprint density at radius 1 is 1.64 bits per heavy atom. The summed E-state index contributed by atoms with van der Waals surface area (Å²) in [5.41, 5.74) is 4.15. The molecule has 6 nitrogen and oxygen atoms in total. The van der Waals surface area contributed by atoms with Crippen LogP contribution in [0.15, 0.2) is 6.07 Å². The van der Waals surface area contributed by atoms with Crippen molar-refractivity contribution < 1.29 is 18.1 Å². The maximum atomic E-state index is 12.0. The van der Waals surface area contributed by atoms with Crippen molar-refractivity contribution in [1.29, 1.82) is 0 Å². The van der Waals surface area contributed by atoms with E-state index in [4.69, 9.17) is 5.73 Å². The van der Waals surface area contributed by atoms with E-state index in [9.17, 15) is 23.3 Å². The molecule has 1 unspecified atom stereocenters. The van der Waals surface area contributed by atoms with E-state index in [2.05, 4.69) is 5.10 Å². The Bertz CT molecular complexity index is 347. The average molecular weight is 210 g/mol. The second-order valence-electron chi connectivity index (χ2n) is 2.45. The lowest BCUT2D eigenvalue weighted by Gasteiger charge is -2.11. The number of hydrogen-bond donors (Lipinski definition) is 2. The molecule has 1 heterocycles. The monoisotopic (exact) mass is 210 g/mol. The molecule has 78 valence electrons. The summed E-state index contributed by atoms with van der Waals surface area (Å²) in [4.78, 5) is 9.21. The Labute approximate surface area is 75.0 Å². The maximum absolute atomic E-state index is 12.0. The van der Waals surface area contributed by atoms with E-state index in [1.807, 2.05) is 5.10 Å². The maximum Gasteiger partial charge on any atom is 0.409 e. The van der Waals surface area contributed by atoms with E-state index < -0.39 is 28.7 Å². The van der Waals surface area contributed by atoms with Gasteiger partial charge in [-0.25, -0.2) is 0 Å². The van der Waals surface area contributed by atoms with Crippen molar-refractivity contribution in [3.05, 3.63) is 21.9 Å². The summed E-state index contributed by atoms with van der Waals surface area (Å²) < 4.78 is 36.0. The van der Waals surface area contributed by atoms with Crippen LogP contribution in [-0.2, 0) is 0 Å². The molecular formula is C5H5F3N4O2. The Morgan fingerprint density at radius 2 is 2.21 bits per heavy atom. The van der Waals surface area contributed by atoms with E-state index in [1.54, 1.807) is 0 Å². The third-order valence-corrected chi connectivity index (χ3v) is 1.45. The van der Waals surface area contributed by atoms with Gasteiger partial charge in [-0.3, -0.25) is 0 Å². The first kappa shape index (κ1) is 10.4.